The molecule has 2 aromatic rings. The summed E-state index contributed by atoms with van der Waals surface area (Å²) >= 11 is 8.95. The van der Waals surface area contributed by atoms with Crippen LogP contribution in [0.2, 0.25) is 5.02 Å². The van der Waals surface area contributed by atoms with Gasteiger partial charge in [-0.2, -0.15) is 0 Å². The van der Waals surface area contributed by atoms with Crippen LogP contribution in [-0.2, 0) is 0 Å². The van der Waals surface area contributed by atoms with Crippen LogP contribution in [0, 0.1) is 5.82 Å². The Labute approximate surface area is 121 Å². The van der Waals surface area contributed by atoms with Gasteiger partial charge < -0.3 is 10.4 Å². The Kier molecular flexibility index (Phi) is 4.01. The summed E-state index contributed by atoms with van der Waals surface area (Å²) in [6.07, 6.45) is 2.52. The number of hydrogen-bond acceptors (Lipinski definition) is 3. The van der Waals surface area contributed by atoms with Crippen molar-refractivity contribution in [1.29, 1.82) is 0 Å². The number of nitrogens with one attached hydrogen (secondary N) is 1. The first-order chi connectivity index (χ1) is 8.99. The third kappa shape index (κ3) is 3.02. The number of hydrogen-bond donors (Lipinski definition) is 2. The van der Waals surface area contributed by atoms with Gasteiger partial charge in [0.2, 0.25) is 0 Å². The molecule has 0 aliphatic rings. The maximum atomic E-state index is 13.1. The van der Waals surface area contributed by atoms with E-state index in [9.17, 15) is 14.3 Å². The molecular weight excluding hydrogens is 338 g/mol. The summed E-state index contributed by atoms with van der Waals surface area (Å²) in [6, 6.07) is 3.61. The van der Waals surface area contributed by atoms with E-state index in [0.717, 1.165) is 12.3 Å². The fourth-order valence-electron chi connectivity index (χ4n) is 1.42. The Morgan fingerprint density at radius 2 is 2.21 bits per heavy atom. The minimum atomic E-state index is -0.575. The first-order valence-electron chi connectivity index (χ1n) is 5.08. The summed E-state index contributed by atoms with van der Waals surface area (Å²) in [5.41, 5.74) is 0.270. The van der Waals surface area contributed by atoms with E-state index < -0.39 is 11.7 Å². The number of halogens is 3. The van der Waals surface area contributed by atoms with Gasteiger partial charge in [0.15, 0.2) is 0 Å². The summed E-state index contributed by atoms with van der Waals surface area (Å²) in [5.74, 6) is -1.36. The largest absolute Gasteiger partial charge is 0.505 e. The van der Waals surface area contributed by atoms with Gasteiger partial charge in [-0.25, -0.2) is 4.39 Å². The highest BCUT2D eigenvalue weighted by Gasteiger charge is 2.15. The summed E-state index contributed by atoms with van der Waals surface area (Å²) in [5, 5.41) is 12.1. The molecule has 0 saturated carbocycles. The molecule has 1 aromatic heterocycles. The SMILES string of the molecule is O=C(Nc1c(Cl)cc(F)cc1Br)c1ccncc1O. The second-order valence-corrected chi connectivity index (χ2v) is 4.85. The Hall–Kier alpha value is -1.66. The van der Waals surface area contributed by atoms with E-state index in [4.69, 9.17) is 11.6 Å². The molecule has 0 radical (unpaired) electrons. The Balaban J connectivity index is 2.32. The minimum absolute atomic E-state index is 0.0438. The quantitative estimate of drug-likeness (QED) is 0.874. The van der Waals surface area contributed by atoms with Gasteiger partial charge in [0, 0.05) is 10.7 Å². The molecule has 0 bridgehead atoms. The maximum Gasteiger partial charge on any atom is 0.259 e. The molecule has 0 atom stereocenters. The minimum Gasteiger partial charge on any atom is -0.505 e. The second-order valence-electron chi connectivity index (χ2n) is 3.59. The number of aromatic hydroxyl groups is 1. The molecule has 0 aliphatic carbocycles. The zero-order valence-corrected chi connectivity index (χ0v) is 11.7. The number of carbonyl (C=O) groups excluding carboxylic acids is 1. The van der Waals surface area contributed by atoms with Crippen molar-refractivity contribution in [3.05, 3.63) is 51.5 Å². The monoisotopic (exact) mass is 344 g/mol. The lowest BCUT2D eigenvalue weighted by molar-refractivity contribution is 0.102. The molecule has 1 amide bonds. The van der Waals surface area contributed by atoms with Crippen LogP contribution in [0.5, 0.6) is 5.75 Å². The lowest BCUT2D eigenvalue weighted by atomic mass is 10.2. The number of amides is 1. The van der Waals surface area contributed by atoms with Crippen molar-refractivity contribution in [2.24, 2.45) is 0 Å². The Bertz CT molecular complexity index is 628. The van der Waals surface area contributed by atoms with Gasteiger partial charge in [-0.3, -0.25) is 9.78 Å². The first kappa shape index (κ1) is 13.8. The fraction of sp³-hybridized carbons (Fsp3) is 0. The zero-order valence-electron chi connectivity index (χ0n) is 9.32. The van der Waals surface area contributed by atoms with Crippen LogP contribution in [-0.4, -0.2) is 16.0 Å². The van der Waals surface area contributed by atoms with Gasteiger partial charge in [-0.15, -0.1) is 0 Å². The Morgan fingerprint density at radius 1 is 1.47 bits per heavy atom. The number of benzene rings is 1. The fourth-order valence-corrected chi connectivity index (χ4v) is 2.32. The van der Waals surface area contributed by atoms with Crippen LogP contribution in [0.25, 0.3) is 0 Å². The molecule has 19 heavy (non-hydrogen) atoms. The summed E-state index contributed by atoms with van der Waals surface area (Å²) < 4.78 is 13.4. The van der Waals surface area contributed by atoms with E-state index in [0.29, 0.717) is 4.47 Å². The van der Waals surface area contributed by atoms with Gasteiger partial charge in [0.1, 0.15) is 11.6 Å². The number of nitrogens with zero attached hydrogens (tertiary/aromatic N) is 1. The molecule has 2 rings (SSSR count). The predicted octanol–water partition coefficient (Wildman–Crippen LogP) is 3.59. The van der Waals surface area contributed by atoms with Crippen molar-refractivity contribution in [3.8, 4) is 5.75 Å². The van der Waals surface area contributed by atoms with E-state index in [2.05, 4.69) is 26.2 Å². The van der Waals surface area contributed by atoms with Crippen molar-refractivity contribution in [2.45, 2.75) is 0 Å². The lowest BCUT2D eigenvalue weighted by Crippen LogP contribution is -2.13. The van der Waals surface area contributed by atoms with E-state index in [1.165, 1.54) is 18.3 Å². The molecule has 1 aromatic carbocycles. The highest BCUT2D eigenvalue weighted by Crippen LogP contribution is 2.32. The molecular formula is C12H7BrClFN2O2. The van der Waals surface area contributed by atoms with Crippen molar-refractivity contribution < 1.29 is 14.3 Å². The molecule has 7 heteroatoms. The second kappa shape index (κ2) is 5.54. The molecule has 0 spiro atoms. The van der Waals surface area contributed by atoms with Crippen LogP contribution >= 0.6 is 27.5 Å². The third-order valence-electron chi connectivity index (χ3n) is 2.29. The number of pyridine rings is 1. The summed E-state index contributed by atoms with van der Waals surface area (Å²) in [7, 11) is 0. The summed E-state index contributed by atoms with van der Waals surface area (Å²) in [4.78, 5) is 15.6. The van der Waals surface area contributed by atoms with E-state index >= 15 is 0 Å². The molecule has 1 heterocycles. The van der Waals surface area contributed by atoms with Gasteiger partial charge in [0.05, 0.1) is 22.5 Å². The topological polar surface area (TPSA) is 62.2 Å². The average Bonchev–Trinajstić information content (AvgIpc) is 2.34. The average molecular weight is 346 g/mol. The first-order valence-corrected chi connectivity index (χ1v) is 6.25. The third-order valence-corrected chi connectivity index (χ3v) is 3.21. The van der Waals surface area contributed by atoms with Crippen molar-refractivity contribution >= 4 is 39.1 Å². The van der Waals surface area contributed by atoms with Gasteiger partial charge in [-0.05, 0) is 34.1 Å². The van der Waals surface area contributed by atoms with Crippen LogP contribution in [0.3, 0.4) is 0 Å². The maximum absolute atomic E-state index is 13.1. The molecule has 0 unspecified atom stereocenters. The van der Waals surface area contributed by atoms with Crippen molar-refractivity contribution in [3.63, 3.8) is 0 Å². The predicted molar refractivity (Wildman–Crippen MR) is 73.0 cm³/mol. The number of carbonyl (C=O) groups is 1. The molecule has 0 aliphatic heterocycles. The van der Waals surface area contributed by atoms with Gasteiger partial charge in [0.25, 0.3) is 5.91 Å². The standard InChI is InChI=1S/C12H7BrClFN2O2/c13-8-3-6(15)4-9(14)11(8)17-12(19)7-1-2-16-5-10(7)18/h1-5,18H,(H,17,19). The van der Waals surface area contributed by atoms with Gasteiger partial charge in [-0.1, -0.05) is 11.6 Å². The van der Waals surface area contributed by atoms with E-state index in [-0.39, 0.29) is 22.0 Å². The van der Waals surface area contributed by atoms with E-state index in [1.807, 2.05) is 0 Å². The van der Waals surface area contributed by atoms with Crippen LogP contribution < -0.4 is 5.32 Å². The zero-order chi connectivity index (χ0) is 14.0. The molecule has 4 nitrogen and oxygen atoms in total. The van der Waals surface area contributed by atoms with Gasteiger partial charge >= 0.3 is 0 Å². The lowest BCUT2D eigenvalue weighted by Gasteiger charge is -2.10. The number of aromatic nitrogens is 1. The smallest absolute Gasteiger partial charge is 0.259 e. The van der Waals surface area contributed by atoms with Crippen LogP contribution in [0.15, 0.2) is 35.1 Å². The van der Waals surface area contributed by atoms with Crippen LogP contribution in [0.4, 0.5) is 10.1 Å². The normalized spacial score (nSPS) is 10.3. The number of anilines is 1. The van der Waals surface area contributed by atoms with Crippen molar-refractivity contribution in [1.82, 2.24) is 4.98 Å². The molecule has 0 fully saturated rings. The van der Waals surface area contributed by atoms with E-state index in [1.54, 1.807) is 0 Å². The molecule has 98 valence electrons. The summed E-state index contributed by atoms with van der Waals surface area (Å²) in [6.45, 7) is 0. The number of rotatable bonds is 2. The van der Waals surface area contributed by atoms with Crippen LogP contribution in [0.1, 0.15) is 10.4 Å². The highest BCUT2D eigenvalue weighted by molar-refractivity contribution is 9.10. The molecule has 0 saturated heterocycles. The Morgan fingerprint density at radius 3 is 2.84 bits per heavy atom. The molecule has 2 N–H and O–H groups in total. The van der Waals surface area contributed by atoms with Crippen molar-refractivity contribution in [2.75, 3.05) is 5.32 Å². The highest BCUT2D eigenvalue weighted by atomic mass is 79.9.